The molecular formula is C8H15N3. The SMILES string of the molecule is CNCCc1c(C)cnn1C. The highest BCUT2D eigenvalue weighted by atomic mass is 15.3. The molecule has 1 aromatic heterocycles. The molecule has 0 saturated carbocycles. The van der Waals surface area contributed by atoms with Crippen molar-refractivity contribution in [2.75, 3.05) is 13.6 Å². The standard InChI is InChI=1S/C8H15N3/c1-7-6-10-11(3)8(7)4-5-9-2/h6,9H,4-5H2,1-3H3. The van der Waals surface area contributed by atoms with E-state index in [0.29, 0.717) is 0 Å². The van der Waals surface area contributed by atoms with Gasteiger partial charge in [0.2, 0.25) is 0 Å². The number of nitrogens with one attached hydrogen (secondary N) is 1. The lowest BCUT2D eigenvalue weighted by atomic mass is 10.2. The Morgan fingerprint density at radius 3 is 2.82 bits per heavy atom. The van der Waals surface area contributed by atoms with Crippen LogP contribution >= 0.6 is 0 Å². The molecule has 0 aromatic carbocycles. The number of aryl methyl sites for hydroxylation is 2. The Hall–Kier alpha value is -0.830. The van der Waals surface area contributed by atoms with E-state index in [2.05, 4.69) is 17.3 Å². The van der Waals surface area contributed by atoms with Crippen LogP contribution in [0.1, 0.15) is 11.3 Å². The lowest BCUT2D eigenvalue weighted by molar-refractivity contribution is 0.679. The van der Waals surface area contributed by atoms with Crippen molar-refractivity contribution in [1.29, 1.82) is 0 Å². The van der Waals surface area contributed by atoms with Crippen molar-refractivity contribution < 1.29 is 0 Å². The summed E-state index contributed by atoms with van der Waals surface area (Å²) in [4.78, 5) is 0. The summed E-state index contributed by atoms with van der Waals surface area (Å²) in [6.07, 6.45) is 2.96. The summed E-state index contributed by atoms with van der Waals surface area (Å²) < 4.78 is 1.94. The van der Waals surface area contributed by atoms with E-state index in [1.807, 2.05) is 25.0 Å². The first kappa shape index (κ1) is 8.27. The predicted octanol–water partition coefficient (Wildman–Crippen LogP) is 0.490. The summed E-state index contributed by atoms with van der Waals surface area (Å²) in [5.74, 6) is 0. The third-order valence-corrected chi connectivity index (χ3v) is 1.88. The van der Waals surface area contributed by atoms with Crippen molar-refractivity contribution in [3.63, 3.8) is 0 Å². The second-order valence-electron chi connectivity index (χ2n) is 2.75. The third-order valence-electron chi connectivity index (χ3n) is 1.88. The summed E-state index contributed by atoms with van der Waals surface area (Å²) >= 11 is 0. The van der Waals surface area contributed by atoms with Gasteiger partial charge in [-0.05, 0) is 19.5 Å². The van der Waals surface area contributed by atoms with Crippen molar-refractivity contribution in [2.45, 2.75) is 13.3 Å². The zero-order valence-corrected chi connectivity index (χ0v) is 7.39. The van der Waals surface area contributed by atoms with Gasteiger partial charge in [0, 0.05) is 25.7 Å². The van der Waals surface area contributed by atoms with Crippen LogP contribution < -0.4 is 5.32 Å². The molecule has 0 bridgehead atoms. The number of nitrogens with zero attached hydrogens (tertiary/aromatic N) is 2. The fourth-order valence-corrected chi connectivity index (χ4v) is 1.18. The maximum atomic E-state index is 4.16. The number of hydrogen-bond donors (Lipinski definition) is 1. The first-order chi connectivity index (χ1) is 5.25. The molecule has 0 aliphatic heterocycles. The molecule has 11 heavy (non-hydrogen) atoms. The highest BCUT2D eigenvalue weighted by Crippen LogP contribution is 2.04. The first-order valence-corrected chi connectivity index (χ1v) is 3.87. The molecule has 0 aliphatic carbocycles. The zero-order chi connectivity index (χ0) is 8.27. The highest BCUT2D eigenvalue weighted by molar-refractivity contribution is 5.15. The van der Waals surface area contributed by atoms with Gasteiger partial charge in [-0.1, -0.05) is 0 Å². The van der Waals surface area contributed by atoms with Crippen LogP contribution in [0, 0.1) is 6.92 Å². The monoisotopic (exact) mass is 153 g/mol. The lowest BCUT2D eigenvalue weighted by Crippen LogP contribution is -2.13. The quantitative estimate of drug-likeness (QED) is 0.685. The molecule has 1 N–H and O–H groups in total. The van der Waals surface area contributed by atoms with Crippen molar-refractivity contribution in [1.82, 2.24) is 15.1 Å². The van der Waals surface area contributed by atoms with Crippen LogP contribution in [0.3, 0.4) is 0 Å². The van der Waals surface area contributed by atoms with Crippen molar-refractivity contribution >= 4 is 0 Å². The second kappa shape index (κ2) is 3.53. The van der Waals surface area contributed by atoms with Crippen molar-refractivity contribution in [3.8, 4) is 0 Å². The van der Waals surface area contributed by atoms with Crippen LogP contribution in [0.25, 0.3) is 0 Å². The van der Waals surface area contributed by atoms with E-state index in [1.54, 1.807) is 0 Å². The molecule has 0 radical (unpaired) electrons. The number of rotatable bonds is 3. The summed E-state index contributed by atoms with van der Waals surface area (Å²) in [6.45, 7) is 3.11. The maximum Gasteiger partial charge on any atom is 0.0521 e. The van der Waals surface area contributed by atoms with Crippen molar-refractivity contribution in [3.05, 3.63) is 17.5 Å². The smallest absolute Gasteiger partial charge is 0.0521 e. The van der Waals surface area contributed by atoms with Gasteiger partial charge in [0.05, 0.1) is 6.20 Å². The van der Waals surface area contributed by atoms with Gasteiger partial charge in [-0.25, -0.2) is 0 Å². The topological polar surface area (TPSA) is 29.9 Å². The molecule has 1 rings (SSSR count). The molecule has 3 heteroatoms. The van der Waals surface area contributed by atoms with E-state index in [4.69, 9.17) is 0 Å². The molecule has 62 valence electrons. The molecule has 0 unspecified atom stereocenters. The van der Waals surface area contributed by atoms with Gasteiger partial charge in [-0.2, -0.15) is 5.10 Å². The lowest BCUT2D eigenvalue weighted by Gasteiger charge is -2.01. The molecule has 0 aliphatic rings. The van der Waals surface area contributed by atoms with Crippen molar-refractivity contribution in [2.24, 2.45) is 7.05 Å². The molecule has 0 amide bonds. The Bertz CT molecular complexity index is 208. The van der Waals surface area contributed by atoms with E-state index in [9.17, 15) is 0 Å². The minimum atomic E-state index is 1.01. The van der Waals surface area contributed by atoms with Gasteiger partial charge in [0.25, 0.3) is 0 Å². The Labute approximate surface area is 67.4 Å². The van der Waals surface area contributed by atoms with Gasteiger partial charge >= 0.3 is 0 Å². The molecule has 3 nitrogen and oxygen atoms in total. The minimum Gasteiger partial charge on any atom is -0.319 e. The van der Waals surface area contributed by atoms with Crippen LogP contribution in [-0.2, 0) is 13.5 Å². The molecule has 1 aromatic rings. The first-order valence-electron chi connectivity index (χ1n) is 3.87. The molecule has 0 spiro atoms. The zero-order valence-electron chi connectivity index (χ0n) is 7.39. The maximum absolute atomic E-state index is 4.16. The van der Waals surface area contributed by atoms with Crippen LogP contribution in [0.2, 0.25) is 0 Å². The van der Waals surface area contributed by atoms with E-state index in [0.717, 1.165) is 13.0 Å². The van der Waals surface area contributed by atoms with E-state index in [-0.39, 0.29) is 0 Å². The summed E-state index contributed by atoms with van der Waals surface area (Å²) in [7, 11) is 3.95. The third kappa shape index (κ3) is 1.80. The Kier molecular flexibility index (Phi) is 2.65. The molecule has 0 saturated heterocycles. The summed E-state index contributed by atoms with van der Waals surface area (Å²) in [5, 5.41) is 7.28. The van der Waals surface area contributed by atoms with Crippen LogP contribution in [0.5, 0.6) is 0 Å². The average Bonchev–Trinajstić information content (AvgIpc) is 2.29. The normalized spacial score (nSPS) is 10.5. The molecular weight excluding hydrogens is 138 g/mol. The largest absolute Gasteiger partial charge is 0.319 e. The second-order valence-corrected chi connectivity index (χ2v) is 2.75. The van der Waals surface area contributed by atoms with Gasteiger partial charge in [-0.15, -0.1) is 0 Å². The Morgan fingerprint density at radius 2 is 2.36 bits per heavy atom. The minimum absolute atomic E-state index is 1.01. The van der Waals surface area contributed by atoms with E-state index < -0.39 is 0 Å². The fraction of sp³-hybridized carbons (Fsp3) is 0.625. The van der Waals surface area contributed by atoms with Gasteiger partial charge in [0.1, 0.15) is 0 Å². The van der Waals surface area contributed by atoms with Crippen LogP contribution in [-0.4, -0.2) is 23.4 Å². The van der Waals surface area contributed by atoms with E-state index >= 15 is 0 Å². The number of hydrogen-bond acceptors (Lipinski definition) is 2. The van der Waals surface area contributed by atoms with Crippen LogP contribution in [0.4, 0.5) is 0 Å². The molecule has 1 heterocycles. The van der Waals surface area contributed by atoms with E-state index in [1.165, 1.54) is 11.3 Å². The fourth-order valence-electron chi connectivity index (χ4n) is 1.18. The van der Waals surface area contributed by atoms with Gasteiger partial charge in [-0.3, -0.25) is 4.68 Å². The highest BCUT2D eigenvalue weighted by Gasteiger charge is 2.01. The summed E-state index contributed by atoms with van der Waals surface area (Å²) in [6, 6.07) is 0. The number of likely N-dealkylation sites (N-methyl/N-ethyl adjacent to an activating group) is 1. The van der Waals surface area contributed by atoms with Gasteiger partial charge < -0.3 is 5.32 Å². The number of aromatic nitrogens is 2. The predicted molar refractivity (Wildman–Crippen MR) is 45.6 cm³/mol. The Balaban J connectivity index is 2.67. The van der Waals surface area contributed by atoms with Crippen LogP contribution in [0.15, 0.2) is 6.20 Å². The Morgan fingerprint density at radius 1 is 1.64 bits per heavy atom. The average molecular weight is 153 g/mol. The molecule has 0 fully saturated rings. The molecule has 0 atom stereocenters. The van der Waals surface area contributed by atoms with Gasteiger partial charge in [0.15, 0.2) is 0 Å². The summed E-state index contributed by atoms with van der Waals surface area (Å²) in [5.41, 5.74) is 2.60.